The van der Waals surface area contributed by atoms with Crippen molar-refractivity contribution in [1.82, 2.24) is 9.71 Å². The van der Waals surface area contributed by atoms with E-state index < -0.39 is 27.7 Å². The zero-order chi connectivity index (χ0) is 20.8. The number of anilines is 1. The Labute approximate surface area is 165 Å². The molecule has 1 amide bonds. The first-order valence-electron chi connectivity index (χ1n) is 8.88. The summed E-state index contributed by atoms with van der Waals surface area (Å²) in [6.45, 7) is 3.64. The molecule has 0 saturated carbocycles. The molecule has 1 aromatic heterocycles. The highest BCUT2D eigenvalue weighted by molar-refractivity contribution is 7.90. The van der Waals surface area contributed by atoms with Gasteiger partial charge in [-0.15, -0.1) is 0 Å². The molecule has 4 rings (SSSR count). The highest BCUT2D eigenvalue weighted by Crippen LogP contribution is 2.24. The first-order valence-corrected chi connectivity index (χ1v) is 10.4. The number of hydrogen-bond acceptors (Lipinski definition) is 6. The molecule has 1 aliphatic rings. The Morgan fingerprint density at radius 1 is 1.17 bits per heavy atom. The number of H-pyrrole nitrogens is 1. The Morgan fingerprint density at radius 3 is 2.69 bits per heavy atom. The van der Waals surface area contributed by atoms with Crippen molar-refractivity contribution in [1.29, 1.82) is 0 Å². The average molecular weight is 414 g/mol. The molecule has 3 N–H and O–H groups in total. The number of aliphatic imine (C=N–C) groups is 1. The van der Waals surface area contributed by atoms with Gasteiger partial charge in [0.05, 0.1) is 10.4 Å². The van der Waals surface area contributed by atoms with Crippen LogP contribution in [0.5, 0.6) is 0 Å². The smallest absolute Gasteiger partial charge is 0.408 e. The topological polar surface area (TPSA) is 134 Å². The first-order chi connectivity index (χ1) is 13.7. The molecule has 150 valence electrons. The molecule has 0 spiro atoms. The summed E-state index contributed by atoms with van der Waals surface area (Å²) in [5.74, 6) is -1.04. The quantitative estimate of drug-likeness (QED) is 0.599. The van der Waals surface area contributed by atoms with E-state index >= 15 is 0 Å². The number of aromatic amines is 1. The molecule has 3 aromatic rings. The van der Waals surface area contributed by atoms with Crippen molar-refractivity contribution < 1.29 is 17.6 Å². The van der Waals surface area contributed by atoms with Gasteiger partial charge in [-0.3, -0.25) is 19.5 Å². The second kappa shape index (κ2) is 6.89. The third-order valence-corrected chi connectivity index (χ3v) is 5.91. The molecule has 0 bridgehead atoms. The van der Waals surface area contributed by atoms with Gasteiger partial charge in [-0.25, -0.2) is 13.2 Å². The van der Waals surface area contributed by atoms with E-state index in [1.807, 2.05) is 13.8 Å². The summed E-state index contributed by atoms with van der Waals surface area (Å²) in [5.41, 5.74) is 1.73. The lowest BCUT2D eigenvalue weighted by molar-refractivity contribution is -0.118. The van der Waals surface area contributed by atoms with Gasteiger partial charge in [-0.1, -0.05) is 26.0 Å². The van der Waals surface area contributed by atoms with Crippen LogP contribution in [0.25, 0.3) is 11.1 Å². The van der Waals surface area contributed by atoms with Crippen molar-refractivity contribution in [3.8, 4) is 0 Å². The van der Waals surface area contributed by atoms with E-state index in [0.29, 0.717) is 22.4 Å². The molecular weight excluding hydrogens is 396 g/mol. The van der Waals surface area contributed by atoms with E-state index in [1.54, 1.807) is 36.4 Å². The molecule has 1 atom stereocenters. The van der Waals surface area contributed by atoms with Gasteiger partial charge >= 0.3 is 5.76 Å². The number of nitrogens with one attached hydrogen (secondary N) is 3. The Morgan fingerprint density at radius 2 is 1.93 bits per heavy atom. The van der Waals surface area contributed by atoms with Crippen LogP contribution >= 0.6 is 0 Å². The van der Waals surface area contributed by atoms with Gasteiger partial charge in [0, 0.05) is 11.3 Å². The maximum atomic E-state index is 12.9. The number of carbonyl (C=O) groups is 1. The van der Waals surface area contributed by atoms with Crippen LogP contribution in [0.15, 0.2) is 61.6 Å². The Hall–Kier alpha value is -3.40. The van der Waals surface area contributed by atoms with Crippen LogP contribution in [0.4, 0.5) is 5.69 Å². The van der Waals surface area contributed by atoms with E-state index in [9.17, 15) is 18.0 Å². The highest BCUT2D eigenvalue weighted by atomic mass is 32.2. The molecule has 0 radical (unpaired) electrons. The van der Waals surface area contributed by atoms with Gasteiger partial charge in [-0.05, 0) is 36.2 Å². The molecule has 0 saturated heterocycles. The van der Waals surface area contributed by atoms with Gasteiger partial charge in [-0.2, -0.15) is 0 Å². The maximum absolute atomic E-state index is 12.9. The summed E-state index contributed by atoms with van der Waals surface area (Å²) in [7, 11) is -3.69. The number of rotatable bonds is 4. The predicted octanol–water partition coefficient (Wildman–Crippen LogP) is 1.82. The number of fused-ring (bicyclic) bond motifs is 2. The summed E-state index contributed by atoms with van der Waals surface area (Å²) in [6, 6.07) is 10.4. The highest BCUT2D eigenvalue weighted by Gasteiger charge is 2.32. The summed E-state index contributed by atoms with van der Waals surface area (Å²) < 4.78 is 31.9. The molecule has 9 nitrogen and oxygen atoms in total. The number of sulfonamides is 1. The number of carbonyl (C=O) groups excluding carboxylic acids is 1. The lowest BCUT2D eigenvalue weighted by atomic mass is 10.0. The first kappa shape index (κ1) is 18.9. The predicted molar refractivity (Wildman–Crippen MR) is 107 cm³/mol. The van der Waals surface area contributed by atoms with Crippen LogP contribution in [-0.2, 0) is 14.8 Å². The van der Waals surface area contributed by atoms with Gasteiger partial charge in [0.25, 0.3) is 10.0 Å². The molecule has 2 heterocycles. The van der Waals surface area contributed by atoms with Crippen molar-refractivity contribution in [2.24, 2.45) is 10.9 Å². The van der Waals surface area contributed by atoms with Crippen LogP contribution in [0.3, 0.4) is 0 Å². The van der Waals surface area contributed by atoms with Crippen LogP contribution in [-0.4, -0.2) is 31.2 Å². The fourth-order valence-electron chi connectivity index (χ4n) is 3.13. The number of amidine groups is 1. The lowest BCUT2D eigenvalue weighted by Gasteiger charge is -2.17. The van der Waals surface area contributed by atoms with Gasteiger partial charge < -0.3 is 9.73 Å². The van der Waals surface area contributed by atoms with Crippen molar-refractivity contribution >= 4 is 38.6 Å². The lowest BCUT2D eigenvalue weighted by Crippen LogP contribution is -2.34. The summed E-state index contributed by atoms with van der Waals surface area (Å²) >= 11 is 0. The standard InChI is InChI=1S/C19H18N4O5S/c1-10(2)16(22-17-12-5-3-4-6-15(12)29(26,27)23-17)18(24)20-11-7-8-14-13(9-11)21-19(25)28-14/h3-10,16H,1-2H3,(H,20,24)(H,21,25)(H,22,23)/t16-/m0/s1. The molecule has 10 heteroatoms. The van der Waals surface area contributed by atoms with E-state index in [4.69, 9.17) is 4.42 Å². The van der Waals surface area contributed by atoms with Crippen LogP contribution in [0.2, 0.25) is 0 Å². The van der Waals surface area contributed by atoms with Crippen LogP contribution in [0, 0.1) is 5.92 Å². The van der Waals surface area contributed by atoms with E-state index in [-0.39, 0.29) is 16.6 Å². The number of oxazole rings is 1. The number of nitrogens with zero attached hydrogens (tertiary/aromatic N) is 1. The normalized spacial score (nSPS) is 17.3. The number of benzene rings is 2. The molecular formula is C19H18N4O5S. The van der Waals surface area contributed by atoms with E-state index in [0.717, 1.165) is 0 Å². The Kier molecular flexibility index (Phi) is 4.50. The third-order valence-electron chi connectivity index (χ3n) is 4.52. The number of aromatic nitrogens is 1. The minimum Gasteiger partial charge on any atom is -0.408 e. The molecule has 0 aliphatic carbocycles. The van der Waals surface area contributed by atoms with Gasteiger partial charge in [0.15, 0.2) is 5.58 Å². The fourth-order valence-corrected chi connectivity index (χ4v) is 4.36. The van der Waals surface area contributed by atoms with Crippen molar-refractivity contribution in [2.45, 2.75) is 24.8 Å². The largest absolute Gasteiger partial charge is 0.417 e. The molecule has 1 aliphatic heterocycles. The second-order valence-electron chi connectivity index (χ2n) is 6.98. The SMILES string of the molecule is CC(C)[C@H](N=C1NS(=O)(=O)c2ccccc21)C(=O)Nc1ccc2oc(=O)[nH]c2c1. The average Bonchev–Trinajstić information content (AvgIpc) is 3.15. The second-order valence-corrected chi connectivity index (χ2v) is 8.63. The monoisotopic (exact) mass is 414 g/mol. The van der Waals surface area contributed by atoms with Crippen molar-refractivity contribution in [2.75, 3.05) is 5.32 Å². The molecule has 0 fully saturated rings. The Bertz CT molecular complexity index is 1300. The van der Waals surface area contributed by atoms with Gasteiger partial charge in [0.1, 0.15) is 11.9 Å². The zero-order valence-corrected chi connectivity index (χ0v) is 16.4. The zero-order valence-electron chi connectivity index (χ0n) is 15.6. The number of amides is 1. The minimum atomic E-state index is -3.69. The molecule has 29 heavy (non-hydrogen) atoms. The molecule has 0 unspecified atom stereocenters. The van der Waals surface area contributed by atoms with Crippen molar-refractivity contribution in [3.05, 3.63) is 58.6 Å². The van der Waals surface area contributed by atoms with E-state index in [2.05, 4.69) is 20.0 Å². The summed E-state index contributed by atoms with van der Waals surface area (Å²) in [5, 5.41) is 2.76. The van der Waals surface area contributed by atoms with Crippen LogP contribution < -0.4 is 15.8 Å². The molecule has 2 aromatic carbocycles. The Balaban J connectivity index is 1.64. The maximum Gasteiger partial charge on any atom is 0.417 e. The number of hydrogen-bond donors (Lipinski definition) is 3. The summed E-state index contributed by atoms with van der Waals surface area (Å²) in [4.78, 5) is 31.2. The van der Waals surface area contributed by atoms with Crippen LogP contribution in [0.1, 0.15) is 19.4 Å². The summed E-state index contributed by atoms with van der Waals surface area (Å²) in [6.07, 6.45) is 0. The van der Waals surface area contributed by atoms with Gasteiger partial charge in [0.2, 0.25) is 5.91 Å². The fraction of sp³-hybridized carbons (Fsp3) is 0.211. The minimum absolute atomic E-state index is 0.135. The van der Waals surface area contributed by atoms with Crippen molar-refractivity contribution in [3.63, 3.8) is 0 Å². The van der Waals surface area contributed by atoms with E-state index in [1.165, 1.54) is 6.07 Å². The third kappa shape index (κ3) is 3.54.